The Kier molecular flexibility index (Phi) is 4.04. The summed E-state index contributed by atoms with van der Waals surface area (Å²) in [6.07, 6.45) is 2.25. The monoisotopic (exact) mass is 262 g/mol. The van der Waals surface area contributed by atoms with Gasteiger partial charge in [0.15, 0.2) is 6.29 Å². The van der Waals surface area contributed by atoms with E-state index in [1.54, 1.807) is 29.7 Å². The number of pyridine rings is 1. The van der Waals surface area contributed by atoms with Gasteiger partial charge in [-0.05, 0) is 12.1 Å². The molecule has 0 aliphatic heterocycles. The van der Waals surface area contributed by atoms with Crippen LogP contribution >= 0.6 is 11.3 Å². The Morgan fingerprint density at radius 2 is 2.28 bits per heavy atom. The molecule has 0 N–H and O–H groups in total. The molecule has 0 fully saturated rings. The molecule has 2 aromatic rings. The van der Waals surface area contributed by atoms with E-state index < -0.39 is 0 Å². The van der Waals surface area contributed by atoms with Gasteiger partial charge in [0.1, 0.15) is 18.1 Å². The van der Waals surface area contributed by atoms with Crippen LogP contribution in [0.5, 0.6) is 5.75 Å². The highest BCUT2D eigenvalue weighted by atomic mass is 32.1. The molecule has 94 valence electrons. The highest BCUT2D eigenvalue weighted by Gasteiger charge is 2.06. The standard InChI is InChI=1S/C13H14N2O2S/c1-9(2)13-15-11(8-18-13)7-17-12-4-3-10(6-16)14-5-12/h3-6,8-9H,7H2,1-2H3. The number of carbonyl (C=O) groups is 1. The summed E-state index contributed by atoms with van der Waals surface area (Å²) in [7, 11) is 0. The minimum absolute atomic E-state index is 0.401. The molecule has 0 aliphatic carbocycles. The summed E-state index contributed by atoms with van der Waals surface area (Å²) in [4.78, 5) is 18.9. The van der Waals surface area contributed by atoms with Crippen molar-refractivity contribution in [3.8, 4) is 5.75 Å². The van der Waals surface area contributed by atoms with Crippen molar-refractivity contribution in [2.45, 2.75) is 26.4 Å². The lowest BCUT2D eigenvalue weighted by Gasteiger charge is -2.03. The molecule has 0 saturated heterocycles. The van der Waals surface area contributed by atoms with Gasteiger partial charge in [0, 0.05) is 11.3 Å². The summed E-state index contributed by atoms with van der Waals surface area (Å²) < 4.78 is 5.55. The van der Waals surface area contributed by atoms with Crippen molar-refractivity contribution in [2.75, 3.05) is 0 Å². The van der Waals surface area contributed by atoms with Gasteiger partial charge in [-0.2, -0.15) is 0 Å². The Morgan fingerprint density at radius 1 is 1.44 bits per heavy atom. The first-order valence-corrected chi connectivity index (χ1v) is 6.55. The molecule has 0 atom stereocenters. The second-order valence-corrected chi connectivity index (χ2v) is 5.05. The Balaban J connectivity index is 1.95. The number of rotatable bonds is 5. The lowest BCUT2D eigenvalue weighted by Crippen LogP contribution is -1.97. The third-order valence-electron chi connectivity index (χ3n) is 2.33. The van der Waals surface area contributed by atoms with Crippen molar-refractivity contribution in [1.82, 2.24) is 9.97 Å². The maximum Gasteiger partial charge on any atom is 0.168 e. The average Bonchev–Trinajstić information content (AvgIpc) is 2.86. The molecule has 0 aliphatic rings. The summed E-state index contributed by atoms with van der Waals surface area (Å²) in [5, 5.41) is 3.12. The highest BCUT2D eigenvalue weighted by molar-refractivity contribution is 7.09. The van der Waals surface area contributed by atoms with Crippen LogP contribution in [0.3, 0.4) is 0 Å². The van der Waals surface area contributed by atoms with Crippen LogP contribution in [-0.4, -0.2) is 16.3 Å². The topological polar surface area (TPSA) is 52.1 Å². The van der Waals surface area contributed by atoms with Crippen molar-refractivity contribution < 1.29 is 9.53 Å². The van der Waals surface area contributed by atoms with Crippen molar-refractivity contribution >= 4 is 17.6 Å². The molecule has 2 aromatic heterocycles. The average molecular weight is 262 g/mol. The summed E-state index contributed by atoms with van der Waals surface area (Å²) in [6.45, 7) is 4.66. The maximum absolute atomic E-state index is 10.5. The zero-order chi connectivity index (χ0) is 13.0. The lowest BCUT2D eigenvalue weighted by molar-refractivity contribution is 0.111. The van der Waals surface area contributed by atoms with E-state index in [1.807, 2.05) is 5.38 Å². The van der Waals surface area contributed by atoms with E-state index in [0.717, 1.165) is 10.7 Å². The van der Waals surface area contributed by atoms with Crippen molar-refractivity contribution in [2.24, 2.45) is 0 Å². The fourth-order valence-corrected chi connectivity index (χ4v) is 2.18. The molecule has 5 heteroatoms. The fourth-order valence-electron chi connectivity index (χ4n) is 1.36. The van der Waals surface area contributed by atoms with Crippen LogP contribution in [-0.2, 0) is 6.61 Å². The van der Waals surface area contributed by atoms with Gasteiger partial charge in [-0.3, -0.25) is 4.79 Å². The molecule has 18 heavy (non-hydrogen) atoms. The third kappa shape index (κ3) is 3.13. The normalized spacial score (nSPS) is 10.6. The molecule has 0 unspecified atom stereocenters. The van der Waals surface area contributed by atoms with Gasteiger partial charge in [-0.25, -0.2) is 9.97 Å². The summed E-state index contributed by atoms with van der Waals surface area (Å²) in [5.41, 5.74) is 1.32. The van der Waals surface area contributed by atoms with Gasteiger partial charge in [0.2, 0.25) is 0 Å². The van der Waals surface area contributed by atoms with Gasteiger partial charge in [-0.1, -0.05) is 13.8 Å². The molecule has 0 bridgehead atoms. The Labute approximate surface area is 110 Å². The molecule has 0 amide bonds. The molecule has 4 nitrogen and oxygen atoms in total. The lowest BCUT2D eigenvalue weighted by atomic mass is 10.2. The number of thiazole rings is 1. The predicted molar refractivity (Wildman–Crippen MR) is 70.2 cm³/mol. The van der Waals surface area contributed by atoms with E-state index >= 15 is 0 Å². The zero-order valence-electron chi connectivity index (χ0n) is 10.3. The molecule has 0 radical (unpaired) electrons. The second kappa shape index (κ2) is 5.73. The van der Waals surface area contributed by atoms with E-state index in [4.69, 9.17) is 4.74 Å². The van der Waals surface area contributed by atoms with Crippen LogP contribution in [0.15, 0.2) is 23.7 Å². The smallest absolute Gasteiger partial charge is 0.168 e. The molecule has 0 saturated carbocycles. The third-order valence-corrected chi connectivity index (χ3v) is 3.52. The first-order chi connectivity index (χ1) is 8.69. The number of hydrogen-bond donors (Lipinski definition) is 0. The molecule has 0 spiro atoms. The van der Waals surface area contributed by atoms with Gasteiger partial charge in [0.25, 0.3) is 0 Å². The van der Waals surface area contributed by atoms with Crippen LogP contribution < -0.4 is 4.74 Å². The van der Waals surface area contributed by atoms with Crippen LogP contribution in [0, 0.1) is 0 Å². The molecule has 0 aromatic carbocycles. The summed E-state index contributed by atoms with van der Waals surface area (Å²) in [6, 6.07) is 3.36. The van der Waals surface area contributed by atoms with Crippen LogP contribution in [0.2, 0.25) is 0 Å². The highest BCUT2D eigenvalue weighted by Crippen LogP contribution is 2.20. The number of aldehydes is 1. The van der Waals surface area contributed by atoms with Gasteiger partial charge in [0.05, 0.1) is 16.9 Å². The minimum Gasteiger partial charge on any atom is -0.486 e. The Hall–Kier alpha value is -1.75. The van der Waals surface area contributed by atoms with Crippen LogP contribution in [0.25, 0.3) is 0 Å². The van der Waals surface area contributed by atoms with Gasteiger partial charge < -0.3 is 4.74 Å². The van der Waals surface area contributed by atoms with Crippen molar-refractivity contribution in [3.05, 3.63) is 40.1 Å². The van der Waals surface area contributed by atoms with Gasteiger partial charge in [-0.15, -0.1) is 11.3 Å². The quantitative estimate of drug-likeness (QED) is 0.777. The maximum atomic E-state index is 10.5. The van der Waals surface area contributed by atoms with E-state index in [0.29, 0.717) is 30.3 Å². The largest absolute Gasteiger partial charge is 0.486 e. The van der Waals surface area contributed by atoms with E-state index in [9.17, 15) is 4.79 Å². The zero-order valence-corrected chi connectivity index (χ0v) is 11.1. The Morgan fingerprint density at radius 3 is 2.83 bits per heavy atom. The molecule has 2 rings (SSSR count). The van der Waals surface area contributed by atoms with Crippen molar-refractivity contribution in [1.29, 1.82) is 0 Å². The number of aromatic nitrogens is 2. The molecular weight excluding hydrogens is 248 g/mol. The summed E-state index contributed by atoms with van der Waals surface area (Å²) in [5.74, 6) is 1.08. The number of nitrogens with zero attached hydrogens (tertiary/aromatic N) is 2. The first kappa shape index (κ1) is 12.7. The summed E-state index contributed by atoms with van der Waals surface area (Å²) >= 11 is 1.65. The van der Waals surface area contributed by atoms with Gasteiger partial charge >= 0.3 is 0 Å². The van der Waals surface area contributed by atoms with E-state index in [-0.39, 0.29) is 0 Å². The predicted octanol–water partition coefficient (Wildman–Crippen LogP) is 3.05. The van der Waals surface area contributed by atoms with Crippen molar-refractivity contribution in [3.63, 3.8) is 0 Å². The SMILES string of the molecule is CC(C)c1nc(COc2ccc(C=O)nc2)cs1. The number of hydrogen-bond acceptors (Lipinski definition) is 5. The molecular formula is C13H14N2O2S. The minimum atomic E-state index is 0.401. The first-order valence-electron chi connectivity index (χ1n) is 5.67. The van der Waals surface area contributed by atoms with Crippen LogP contribution in [0.4, 0.5) is 0 Å². The van der Waals surface area contributed by atoms with Crippen LogP contribution in [0.1, 0.15) is 41.0 Å². The number of ether oxygens (including phenoxy) is 1. The fraction of sp³-hybridized carbons (Fsp3) is 0.308. The second-order valence-electron chi connectivity index (χ2n) is 4.16. The van der Waals surface area contributed by atoms with E-state index in [1.165, 1.54) is 0 Å². The number of carbonyl (C=O) groups excluding carboxylic acids is 1. The Bertz CT molecular complexity index is 520. The molecule has 2 heterocycles. The van der Waals surface area contributed by atoms with E-state index in [2.05, 4.69) is 23.8 Å².